The Hall–Kier alpha value is -3.97. The Morgan fingerprint density at radius 3 is 2.46 bits per heavy atom. The van der Waals surface area contributed by atoms with E-state index in [4.69, 9.17) is 9.84 Å². The summed E-state index contributed by atoms with van der Waals surface area (Å²) in [6, 6.07) is 24.6. The van der Waals surface area contributed by atoms with E-state index in [-0.39, 0.29) is 18.5 Å². The molecule has 2 heterocycles. The third-order valence-corrected chi connectivity index (χ3v) is 6.72. The van der Waals surface area contributed by atoms with Crippen molar-refractivity contribution in [2.45, 2.75) is 39.6 Å². The van der Waals surface area contributed by atoms with Crippen LogP contribution in [0.1, 0.15) is 33.6 Å². The zero-order valence-electron chi connectivity index (χ0n) is 21.2. The lowest BCUT2D eigenvalue weighted by Gasteiger charge is -2.28. The summed E-state index contributed by atoms with van der Waals surface area (Å²) < 4.78 is 20.9. The van der Waals surface area contributed by atoms with Crippen LogP contribution in [0, 0.1) is 12.7 Å². The highest BCUT2D eigenvalue weighted by atomic mass is 19.1. The number of aryl methyl sites for hydroxylation is 1. The van der Waals surface area contributed by atoms with Crippen molar-refractivity contribution in [1.82, 2.24) is 19.6 Å². The molecule has 1 aliphatic heterocycles. The molecule has 0 bridgehead atoms. The number of benzene rings is 3. The molecule has 1 amide bonds. The van der Waals surface area contributed by atoms with Crippen molar-refractivity contribution in [3.63, 3.8) is 0 Å². The smallest absolute Gasteiger partial charge is 0.410 e. The summed E-state index contributed by atoms with van der Waals surface area (Å²) in [6.45, 7) is 4.95. The van der Waals surface area contributed by atoms with E-state index in [1.807, 2.05) is 47.1 Å². The molecule has 0 fully saturated rings. The minimum absolute atomic E-state index is 0.228. The van der Waals surface area contributed by atoms with Gasteiger partial charge in [0.2, 0.25) is 0 Å². The van der Waals surface area contributed by atoms with Crippen LogP contribution in [-0.4, -0.2) is 39.3 Å². The molecule has 37 heavy (non-hydrogen) atoms. The van der Waals surface area contributed by atoms with Gasteiger partial charge in [-0.2, -0.15) is 5.10 Å². The lowest BCUT2D eigenvalue weighted by Crippen LogP contribution is -2.32. The maximum atomic E-state index is 13.4. The Balaban J connectivity index is 1.36. The van der Waals surface area contributed by atoms with Gasteiger partial charge in [-0.1, -0.05) is 60.2 Å². The summed E-state index contributed by atoms with van der Waals surface area (Å²) in [4.78, 5) is 16.7. The van der Waals surface area contributed by atoms with Gasteiger partial charge in [0, 0.05) is 38.7 Å². The minimum Gasteiger partial charge on any atom is -0.445 e. The van der Waals surface area contributed by atoms with Crippen LogP contribution in [0.15, 0.2) is 78.9 Å². The third kappa shape index (κ3) is 5.89. The molecule has 0 unspecified atom stereocenters. The maximum Gasteiger partial charge on any atom is 0.410 e. The van der Waals surface area contributed by atoms with Gasteiger partial charge in [-0.15, -0.1) is 0 Å². The van der Waals surface area contributed by atoms with E-state index in [0.717, 1.165) is 47.6 Å². The van der Waals surface area contributed by atoms with Crippen molar-refractivity contribution >= 4 is 6.09 Å². The number of carbonyl (C=O) groups is 1. The summed E-state index contributed by atoms with van der Waals surface area (Å²) >= 11 is 0. The predicted molar refractivity (Wildman–Crippen MR) is 141 cm³/mol. The predicted octanol–water partition coefficient (Wildman–Crippen LogP) is 5.65. The molecule has 4 aromatic rings. The summed E-state index contributed by atoms with van der Waals surface area (Å²) in [5, 5.41) is 4.98. The summed E-state index contributed by atoms with van der Waals surface area (Å²) in [5.41, 5.74) is 7.38. The number of nitrogens with zero attached hydrogens (tertiary/aromatic N) is 4. The van der Waals surface area contributed by atoms with Crippen molar-refractivity contribution < 1.29 is 13.9 Å². The van der Waals surface area contributed by atoms with Crippen LogP contribution in [0.25, 0.3) is 5.69 Å². The van der Waals surface area contributed by atoms with Gasteiger partial charge in [-0.25, -0.2) is 13.9 Å². The van der Waals surface area contributed by atoms with E-state index in [2.05, 4.69) is 36.1 Å². The Kier molecular flexibility index (Phi) is 7.32. The number of rotatable bonds is 7. The van der Waals surface area contributed by atoms with Gasteiger partial charge in [0.25, 0.3) is 0 Å². The van der Waals surface area contributed by atoms with E-state index in [0.29, 0.717) is 13.1 Å². The van der Waals surface area contributed by atoms with E-state index in [1.54, 1.807) is 11.9 Å². The molecule has 190 valence electrons. The highest BCUT2D eigenvalue weighted by Crippen LogP contribution is 2.27. The average Bonchev–Trinajstić information content (AvgIpc) is 3.27. The molecular formula is C30H31FN4O2. The van der Waals surface area contributed by atoms with Crippen LogP contribution in [0.5, 0.6) is 0 Å². The highest BCUT2D eigenvalue weighted by molar-refractivity contribution is 5.67. The average molecular weight is 499 g/mol. The molecule has 5 rings (SSSR count). The summed E-state index contributed by atoms with van der Waals surface area (Å²) in [7, 11) is 1.74. The molecule has 3 aromatic carbocycles. The maximum absolute atomic E-state index is 13.4. The van der Waals surface area contributed by atoms with Gasteiger partial charge >= 0.3 is 6.09 Å². The molecule has 6 nitrogen and oxygen atoms in total. The number of halogens is 1. The largest absolute Gasteiger partial charge is 0.445 e. The highest BCUT2D eigenvalue weighted by Gasteiger charge is 2.27. The van der Waals surface area contributed by atoms with Crippen molar-refractivity contribution in [1.29, 1.82) is 0 Å². The SMILES string of the molecule is Cc1ccc(-n2nc(CN(C)C(=O)OCc3ccccc3)c3c2CCN(Cc2ccc(F)cc2)C3)cc1. The second kappa shape index (κ2) is 11.0. The molecule has 0 atom stereocenters. The zero-order valence-corrected chi connectivity index (χ0v) is 21.2. The Bertz CT molecular complexity index is 1350. The number of hydrogen-bond acceptors (Lipinski definition) is 4. The fourth-order valence-corrected chi connectivity index (χ4v) is 4.67. The molecule has 0 saturated heterocycles. The molecule has 0 saturated carbocycles. The first-order valence-corrected chi connectivity index (χ1v) is 12.5. The van der Waals surface area contributed by atoms with Crippen LogP contribution in [0.2, 0.25) is 0 Å². The van der Waals surface area contributed by atoms with Gasteiger partial charge in [0.1, 0.15) is 12.4 Å². The molecule has 0 N–H and O–H groups in total. The molecule has 0 spiro atoms. The zero-order chi connectivity index (χ0) is 25.8. The topological polar surface area (TPSA) is 50.6 Å². The second-order valence-corrected chi connectivity index (χ2v) is 9.60. The summed E-state index contributed by atoms with van der Waals surface area (Å²) in [5.74, 6) is -0.228. The molecule has 0 radical (unpaired) electrons. The fourth-order valence-electron chi connectivity index (χ4n) is 4.67. The number of ether oxygens (including phenoxy) is 1. The number of fused-ring (bicyclic) bond motifs is 1. The monoisotopic (exact) mass is 498 g/mol. The normalized spacial score (nSPS) is 13.3. The van der Waals surface area contributed by atoms with Crippen LogP contribution in [-0.2, 0) is 37.4 Å². The van der Waals surface area contributed by atoms with Crippen molar-refractivity contribution in [3.8, 4) is 5.69 Å². The van der Waals surface area contributed by atoms with E-state index < -0.39 is 0 Å². The first-order valence-electron chi connectivity index (χ1n) is 12.5. The van der Waals surface area contributed by atoms with Crippen LogP contribution >= 0.6 is 0 Å². The van der Waals surface area contributed by atoms with Gasteiger partial charge in [0.05, 0.1) is 23.6 Å². The fraction of sp³-hybridized carbons (Fsp3) is 0.267. The quantitative estimate of drug-likeness (QED) is 0.331. The number of aromatic nitrogens is 2. The standard InChI is InChI=1S/C30H31FN4O2/c1-22-8-14-26(15-9-22)35-29-16-17-34(18-23-10-12-25(31)13-11-23)19-27(29)28(32-35)20-33(2)30(36)37-21-24-6-4-3-5-7-24/h3-15H,16-21H2,1-2H3. The Morgan fingerprint density at radius 1 is 1.00 bits per heavy atom. The van der Waals surface area contributed by atoms with E-state index in [1.165, 1.54) is 23.4 Å². The first kappa shape index (κ1) is 24.7. The van der Waals surface area contributed by atoms with Crippen LogP contribution in [0.3, 0.4) is 0 Å². The first-order chi connectivity index (χ1) is 18.0. The molecule has 1 aromatic heterocycles. The molecular weight excluding hydrogens is 467 g/mol. The van der Waals surface area contributed by atoms with Crippen LogP contribution in [0.4, 0.5) is 9.18 Å². The van der Waals surface area contributed by atoms with Gasteiger partial charge in [0.15, 0.2) is 0 Å². The van der Waals surface area contributed by atoms with Crippen LogP contribution < -0.4 is 0 Å². The lowest BCUT2D eigenvalue weighted by molar-refractivity contribution is 0.102. The third-order valence-electron chi connectivity index (χ3n) is 6.72. The van der Waals surface area contributed by atoms with Crippen molar-refractivity contribution in [2.75, 3.05) is 13.6 Å². The van der Waals surface area contributed by atoms with E-state index >= 15 is 0 Å². The Labute approximate surface area is 216 Å². The van der Waals surface area contributed by atoms with Crippen molar-refractivity contribution in [2.24, 2.45) is 0 Å². The van der Waals surface area contributed by atoms with Crippen molar-refractivity contribution in [3.05, 3.63) is 118 Å². The molecule has 0 aliphatic carbocycles. The van der Waals surface area contributed by atoms with Gasteiger partial charge in [-0.05, 0) is 42.3 Å². The van der Waals surface area contributed by atoms with Gasteiger partial charge in [-0.3, -0.25) is 4.90 Å². The minimum atomic E-state index is -0.388. The number of hydrogen-bond donors (Lipinski definition) is 0. The Morgan fingerprint density at radius 2 is 1.73 bits per heavy atom. The number of amides is 1. The van der Waals surface area contributed by atoms with E-state index in [9.17, 15) is 9.18 Å². The lowest BCUT2D eigenvalue weighted by atomic mass is 10.0. The molecule has 7 heteroatoms. The number of carbonyl (C=O) groups excluding carboxylic acids is 1. The van der Waals surface area contributed by atoms with Gasteiger partial charge < -0.3 is 9.64 Å². The molecule has 1 aliphatic rings. The second-order valence-electron chi connectivity index (χ2n) is 9.60. The summed E-state index contributed by atoms with van der Waals surface area (Å²) in [6.07, 6.45) is 0.445.